The average molecular weight is 341 g/mol. The normalized spacial score (nSPS) is 11.0. The number of rotatable bonds is 4. The molecule has 0 unspecified atom stereocenters. The van der Waals surface area contributed by atoms with Crippen LogP contribution < -0.4 is 5.32 Å². The molecule has 1 heterocycles. The van der Waals surface area contributed by atoms with Gasteiger partial charge in [0.25, 0.3) is 0 Å². The zero-order valence-corrected chi connectivity index (χ0v) is 13.5. The van der Waals surface area contributed by atoms with Gasteiger partial charge in [0.1, 0.15) is 0 Å². The third kappa shape index (κ3) is 3.31. The first-order valence-corrected chi connectivity index (χ1v) is 7.82. The van der Waals surface area contributed by atoms with E-state index in [4.69, 9.17) is 0 Å². The van der Waals surface area contributed by atoms with Crippen LogP contribution in [0.4, 0.5) is 0 Å². The second kappa shape index (κ2) is 6.37. The molecule has 0 bridgehead atoms. The number of nitrogens with zero attached hydrogens (tertiary/aromatic N) is 1. The Labute approximate surface area is 133 Å². The largest absolute Gasteiger partial charge is 0.309 e. The Morgan fingerprint density at radius 2 is 1.95 bits per heavy atom. The molecular formula is C18H17BrN2. The van der Waals surface area contributed by atoms with Gasteiger partial charge in [-0.25, -0.2) is 0 Å². The summed E-state index contributed by atoms with van der Waals surface area (Å²) in [5, 5.41) is 4.66. The highest BCUT2D eigenvalue weighted by Gasteiger charge is 2.05. The number of aromatic nitrogens is 1. The van der Waals surface area contributed by atoms with Crippen LogP contribution in [-0.2, 0) is 13.1 Å². The molecule has 1 N–H and O–H groups in total. The van der Waals surface area contributed by atoms with Crippen molar-refractivity contribution in [1.29, 1.82) is 0 Å². The minimum Gasteiger partial charge on any atom is -0.309 e. The first-order valence-electron chi connectivity index (χ1n) is 7.02. The van der Waals surface area contributed by atoms with E-state index in [0.717, 1.165) is 28.5 Å². The third-order valence-corrected chi connectivity index (χ3v) is 4.22. The van der Waals surface area contributed by atoms with Gasteiger partial charge in [-0.1, -0.05) is 57.9 Å². The number of aryl methyl sites for hydroxylation is 1. The predicted molar refractivity (Wildman–Crippen MR) is 91.2 cm³/mol. The lowest BCUT2D eigenvalue weighted by Crippen LogP contribution is -2.13. The van der Waals surface area contributed by atoms with Gasteiger partial charge in [-0.3, -0.25) is 4.98 Å². The minimum atomic E-state index is 0.814. The van der Waals surface area contributed by atoms with Gasteiger partial charge in [0.2, 0.25) is 0 Å². The van der Waals surface area contributed by atoms with Crippen LogP contribution in [0.25, 0.3) is 10.9 Å². The molecule has 0 fully saturated rings. The van der Waals surface area contributed by atoms with Crippen LogP contribution in [0, 0.1) is 6.92 Å². The van der Waals surface area contributed by atoms with E-state index < -0.39 is 0 Å². The summed E-state index contributed by atoms with van der Waals surface area (Å²) in [4.78, 5) is 4.51. The van der Waals surface area contributed by atoms with Crippen molar-refractivity contribution in [1.82, 2.24) is 10.3 Å². The van der Waals surface area contributed by atoms with Gasteiger partial charge >= 0.3 is 0 Å². The first-order chi connectivity index (χ1) is 10.2. The fraction of sp³-hybridized carbons (Fsp3) is 0.167. The van der Waals surface area contributed by atoms with Crippen molar-refractivity contribution >= 4 is 26.8 Å². The SMILES string of the molecule is Cc1cccc(CNCc2ccc(Br)c3cccnc23)c1. The van der Waals surface area contributed by atoms with Crippen molar-refractivity contribution in [3.63, 3.8) is 0 Å². The number of pyridine rings is 1. The van der Waals surface area contributed by atoms with E-state index in [9.17, 15) is 0 Å². The fourth-order valence-corrected chi connectivity index (χ4v) is 2.95. The molecular weight excluding hydrogens is 324 g/mol. The quantitative estimate of drug-likeness (QED) is 0.750. The van der Waals surface area contributed by atoms with E-state index in [1.807, 2.05) is 12.3 Å². The third-order valence-electron chi connectivity index (χ3n) is 3.53. The van der Waals surface area contributed by atoms with E-state index in [1.54, 1.807) is 0 Å². The van der Waals surface area contributed by atoms with E-state index >= 15 is 0 Å². The lowest BCUT2D eigenvalue weighted by Gasteiger charge is -2.09. The van der Waals surface area contributed by atoms with Crippen LogP contribution in [0.1, 0.15) is 16.7 Å². The summed E-state index contributed by atoms with van der Waals surface area (Å²) in [6, 6.07) is 16.9. The molecule has 0 aliphatic carbocycles. The lowest BCUT2D eigenvalue weighted by molar-refractivity contribution is 0.695. The van der Waals surface area contributed by atoms with Crippen LogP contribution in [-0.4, -0.2) is 4.98 Å². The maximum Gasteiger partial charge on any atom is 0.0758 e. The number of fused-ring (bicyclic) bond motifs is 1. The van der Waals surface area contributed by atoms with Crippen molar-refractivity contribution in [3.8, 4) is 0 Å². The molecule has 0 saturated heterocycles. The standard InChI is InChI=1S/C18H17BrN2/c1-13-4-2-5-14(10-13)11-20-12-15-7-8-17(19)16-6-3-9-21-18(15)16/h2-10,20H,11-12H2,1H3. The highest BCUT2D eigenvalue weighted by atomic mass is 79.9. The molecule has 2 nitrogen and oxygen atoms in total. The number of hydrogen-bond donors (Lipinski definition) is 1. The van der Waals surface area contributed by atoms with Gasteiger partial charge < -0.3 is 5.32 Å². The summed E-state index contributed by atoms with van der Waals surface area (Å²) in [6.45, 7) is 3.80. The average Bonchev–Trinajstić information content (AvgIpc) is 2.50. The van der Waals surface area contributed by atoms with Crippen LogP contribution in [0.5, 0.6) is 0 Å². The van der Waals surface area contributed by atoms with Crippen molar-refractivity contribution in [2.24, 2.45) is 0 Å². The molecule has 0 aliphatic rings. The summed E-state index contributed by atoms with van der Waals surface area (Å²) < 4.78 is 1.09. The topological polar surface area (TPSA) is 24.9 Å². The Balaban J connectivity index is 1.75. The summed E-state index contributed by atoms with van der Waals surface area (Å²) in [7, 11) is 0. The molecule has 3 rings (SSSR count). The zero-order valence-electron chi connectivity index (χ0n) is 11.9. The Bertz CT molecular complexity index is 768. The van der Waals surface area contributed by atoms with Crippen molar-refractivity contribution in [3.05, 3.63) is 75.9 Å². The van der Waals surface area contributed by atoms with Gasteiger partial charge in [0.15, 0.2) is 0 Å². The minimum absolute atomic E-state index is 0.814. The van der Waals surface area contributed by atoms with Crippen LogP contribution >= 0.6 is 15.9 Å². The Morgan fingerprint density at radius 3 is 2.81 bits per heavy atom. The van der Waals surface area contributed by atoms with Gasteiger partial charge in [0.05, 0.1) is 5.52 Å². The van der Waals surface area contributed by atoms with Gasteiger partial charge in [0, 0.05) is 29.1 Å². The molecule has 106 valence electrons. The van der Waals surface area contributed by atoms with E-state index in [-0.39, 0.29) is 0 Å². The molecule has 3 heteroatoms. The molecule has 0 saturated carbocycles. The van der Waals surface area contributed by atoms with Crippen molar-refractivity contribution < 1.29 is 0 Å². The first kappa shape index (κ1) is 14.2. The number of halogens is 1. The molecule has 2 aromatic carbocycles. The van der Waals surface area contributed by atoms with Crippen molar-refractivity contribution in [2.75, 3.05) is 0 Å². The van der Waals surface area contributed by atoms with E-state index in [1.165, 1.54) is 16.7 Å². The molecule has 0 spiro atoms. The van der Waals surface area contributed by atoms with Gasteiger partial charge in [-0.15, -0.1) is 0 Å². The highest BCUT2D eigenvalue weighted by molar-refractivity contribution is 9.10. The molecule has 1 aromatic heterocycles. The van der Waals surface area contributed by atoms with Crippen molar-refractivity contribution in [2.45, 2.75) is 20.0 Å². The predicted octanol–water partition coefficient (Wildman–Crippen LogP) is 4.60. The Morgan fingerprint density at radius 1 is 1.05 bits per heavy atom. The lowest BCUT2D eigenvalue weighted by atomic mass is 10.1. The Hall–Kier alpha value is -1.71. The smallest absolute Gasteiger partial charge is 0.0758 e. The van der Waals surface area contributed by atoms with E-state index in [2.05, 4.69) is 75.6 Å². The maximum atomic E-state index is 4.51. The molecule has 0 radical (unpaired) electrons. The monoisotopic (exact) mass is 340 g/mol. The van der Waals surface area contributed by atoms with Crippen LogP contribution in [0.3, 0.4) is 0 Å². The second-order valence-corrected chi connectivity index (χ2v) is 6.05. The summed E-state index contributed by atoms with van der Waals surface area (Å²) >= 11 is 3.58. The van der Waals surface area contributed by atoms with Crippen LogP contribution in [0.15, 0.2) is 59.2 Å². The van der Waals surface area contributed by atoms with Crippen LogP contribution in [0.2, 0.25) is 0 Å². The Kier molecular flexibility index (Phi) is 4.32. The highest BCUT2D eigenvalue weighted by Crippen LogP contribution is 2.25. The molecule has 0 amide bonds. The second-order valence-electron chi connectivity index (χ2n) is 5.20. The summed E-state index contributed by atoms with van der Waals surface area (Å²) in [6.07, 6.45) is 1.85. The molecule has 0 atom stereocenters. The number of nitrogens with one attached hydrogen (secondary N) is 1. The fourth-order valence-electron chi connectivity index (χ4n) is 2.50. The summed E-state index contributed by atoms with van der Waals surface area (Å²) in [5.74, 6) is 0. The number of hydrogen-bond acceptors (Lipinski definition) is 2. The van der Waals surface area contributed by atoms with Gasteiger partial charge in [-0.05, 0) is 30.2 Å². The maximum absolute atomic E-state index is 4.51. The van der Waals surface area contributed by atoms with E-state index in [0.29, 0.717) is 0 Å². The molecule has 21 heavy (non-hydrogen) atoms. The zero-order chi connectivity index (χ0) is 14.7. The number of benzene rings is 2. The summed E-state index contributed by atoms with van der Waals surface area (Å²) in [5.41, 5.74) is 4.89. The molecule has 3 aromatic rings. The molecule has 0 aliphatic heterocycles. The van der Waals surface area contributed by atoms with Gasteiger partial charge in [-0.2, -0.15) is 0 Å².